The maximum absolute atomic E-state index is 11.9. The van der Waals surface area contributed by atoms with Crippen molar-refractivity contribution in [2.24, 2.45) is 0 Å². The van der Waals surface area contributed by atoms with Crippen LogP contribution in [0.3, 0.4) is 0 Å². The highest BCUT2D eigenvalue weighted by molar-refractivity contribution is 5.70. The molecule has 2 aromatic rings. The minimum absolute atomic E-state index is 0.0729. The number of pyridine rings is 1. The third-order valence-electron chi connectivity index (χ3n) is 2.48. The SMILES string of the molecule is CCOCC(=O)OCCn1nc2ccccn2c1=O. The number of nitrogens with zero attached hydrogens (tertiary/aromatic N) is 3. The molecule has 0 aliphatic heterocycles. The summed E-state index contributed by atoms with van der Waals surface area (Å²) in [4.78, 5) is 23.1. The lowest BCUT2D eigenvalue weighted by atomic mass is 10.5. The van der Waals surface area contributed by atoms with Gasteiger partial charge >= 0.3 is 11.7 Å². The van der Waals surface area contributed by atoms with Crippen LogP contribution in [-0.4, -0.2) is 40.0 Å². The Morgan fingerprint density at radius 1 is 1.42 bits per heavy atom. The predicted octanol–water partition coefficient (Wildman–Crippen LogP) is 0.0757. The topological polar surface area (TPSA) is 74.8 Å². The zero-order valence-corrected chi connectivity index (χ0v) is 10.6. The zero-order chi connectivity index (χ0) is 13.7. The fourth-order valence-electron chi connectivity index (χ4n) is 1.59. The summed E-state index contributed by atoms with van der Waals surface area (Å²) in [5.41, 5.74) is 0.310. The molecule has 2 heterocycles. The number of esters is 1. The molecule has 19 heavy (non-hydrogen) atoms. The van der Waals surface area contributed by atoms with E-state index in [0.717, 1.165) is 0 Å². The highest BCUT2D eigenvalue weighted by Gasteiger charge is 2.07. The van der Waals surface area contributed by atoms with Gasteiger partial charge in [-0.2, -0.15) is 0 Å². The van der Waals surface area contributed by atoms with Crippen LogP contribution in [0.25, 0.3) is 5.65 Å². The largest absolute Gasteiger partial charge is 0.462 e. The first-order valence-corrected chi connectivity index (χ1v) is 6.00. The molecular formula is C12H15N3O4. The third-order valence-corrected chi connectivity index (χ3v) is 2.48. The monoisotopic (exact) mass is 265 g/mol. The minimum Gasteiger partial charge on any atom is -0.462 e. The Kier molecular flexibility index (Phi) is 4.30. The summed E-state index contributed by atoms with van der Waals surface area (Å²) in [6.45, 7) is 2.50. The van der Waals surface area contributed by atoms with E-state index in [1.165, 1.54) is 9.08 Å². The Morgan fingerprint density at radius 2 is 2.26 bits per heavy atom. The normalized spacial score (nSPS) is 10.8. The van der Waals surface area contributed by atoms with Gasteiger partial charge in [-0.05, 0) is 19.1 Å². The van der Waals surface area contributed by atoms with Gasteiger partial charge in [0.05, 0.1) is 6.54 Å². The van der Waals surface area contributed by atoms with Gasteiger partial charge in [0.25, 0.3) is 0 Å². The Balaban J connectivity index is 1.93. The third kappa shape index (κ3) is 3.19. The molecule has 0 aliphatic carbocycles. The second-order valence-corrected chi connectivity index (χ2v) is 3.79. The molecule has 0 aliphatic rings. The molecule has 0 saturated heterocycles. The number of fused-ring (bicyclic) bond motifs is 1. The fraction of sp³-hybridized carbons (Fsp3) is 0.417. The van der Waals surface area contributed by atoms with Gasteiger partial charge < -0.3 is 9.47 Å². The van der Waals surface area contributed by atoms with Crippen molar-refractivity contribution in [3.05, 3.63) is 34.9 Å². The molecule has 0 atom stereocenters. The number of carbonyl (C=O) groups is 1. The Bertz CT molecular complexity index is 617. The average Bonchev–Trinajstić information content (AvgIpc) is 2.74. The van der Waals surface area contributed by atoms with E-state index in [1.54, 1.807) is 31.3 Å². The maximum atomic E-state index is 11.9. The van der Waals surface area contributed by atoms with Crippen LogP contribution in [-0.2, 0) is 20.8 Å². The van der Waals surface area contributed by atoms with Crippen molar-refractivity contribution in [1.29, 1.82) is 0 Å². The summed E-state index contributed by atoms with van der Waals surface area (Å²) < 4.78 is 12.5. The van der Waals surface area contributed by atoms with Crippen molar-refractivity contribution in [2.45, 2.75) is 13.5 Å². The fourth-order valence-corrected chi connectivity index (χ4v) is 1.59. The Morgan fingerprint density at radius 3 is 3.00 bits per heavy atom. The maximum Gasteiger partial charge on any atom is 0.350 e. The first-order valence-electron chi connectivity index (χ1n) is 6.00. The predicted molar refractivity (Wildman–Crippen MR) is 66.9 cm³/mol. The molecule has 0 N–H and O–H groups in total. The molecule has 0 spiro atoms. The standard InChI is InChI=1S/C12H15N3O4/c1-2-18-9-11(16)19-8-7-15-12(17)14-6-4-3-5-10(14)13-15/h3-6H,2,7-9H2,1H3. The Labute approximate surface area is 109 Å². The van der Waals surface area contributed by atoms with Crippen molar-refractivity contribution >= 4 is 11.6 Å². The van der Waals surface area contributed by atoms with Crippen LogP contribution in [0.5, 0.6) is 0 Å². The summed E-state index contributed by atoms with van der Waals surface area (Å²) in [6, 6.07) is 5.29. The van der Waals surface area contributed by atoms with Crippen LogP contribution in [0.4, 0.5) is 0 Å². The van der Waals surface area contributed by atoms with Gasteiger partial charge in [-0.3, -0.25) is 4.40 Å². The van der Waals surface area contributed by atoms with Crippen molar-refractivity contribution in [2.75, 3.05) is 19.8 Å². The molecule has 7 nitrogen and oxygen atoms in total. The molecule has 7 heteroatoms. The van der Waals surface area contributed by atoms with Crippen LogP contribution in [0, 0.1) is 0 Å². The molecule has 0 amide bonds. The van der Waals surface area contributed by atoms with Crippen LogP contribution in [0.2, 0.25) is 0 Å². The van der Waals surface area contributed by atoms with Crippen LogP contribution < -0.4 is 5.69 Å². The highest BCUT2D eigenvalue weighted by Crippen LogP contribution is 1.95. The van der Waals surface area contributed by atoms with Gasteiger partial charge in [0, 0.05) is 12.8 Å². The van der Waals surface area contributed by atoms with Crippen molar-refractivity contribution in [3.8, 4) is 0 Å². The molecular weight excluding hydrogens is 250 g/mol. The van der Waals surface area contributed by atoms with Gasteiger partial charge in [0.1, 0.15) is 13.2 Å². The van der Waals surface area contributed by atoms with E-state index in [0.29, 0.717) is 12.3 Å². The second kappa shape index (κ2) is 6.14. The molecule has 0 bridgehead atoms. The van der Waals surface area contributed by atoms with Crippen molar-refractivity contribution in [3.63, 3.8) is 0 Å². The minimum atomic E-state index is -0.446. The zero-order valence-electron chi connectivity index (χ0n) is 10.6. The van der Waals surface area contributed by atoms with Crippen LogP contribution in [0.15, 0.2) is 29.2 Å². The first-order chi connectivity index (χ1) is 9.22. The molecule has 0 unspecified atom stereocenters. The highest BCUT2D eigenvalue weighted by atomic mass is 16.6. The number of hydrogen-bond donors (Lipinski definition) is 0. The number of rotatable bonds is 6. The molecule has 0 aromatic carbocycles. The summed E-state index contributed by atoms with van der Waals surface area (Å²) in [6.07, 6.45) is 1.64. The lowest BCUT2D eigenvalue weighted by Gasteiger charge is -2.03. The second-order valence-electron chi connectivity index (χ2n) is 3.79. The summed E-state index contributed by atoms with van der Waals surface area (Å²) in [5.74, 6) is -0.446. The number of hydrogen-bond acceptors (Lipinski definition) is 5. The number of aromatic nitrogens is 3. The lowest BCUT2D eigenvalue weighted by Crippen LogP contribution is -2.24. The van der Waals surface area contributed by atoms with E-state index in [9.17, 15) is 9.59 Å². The van der Waals surface area contributed by atoms with E-state index in [4.69, 9.17) is 9.47 Å². The molecule has 2 aromatic heterocycles. The molecule has 2 rings (SSSR count). The average molecular weight is 265 g/mol. The number of carbonyl (C=O) groups excluding carboxylic acids is 1. The van der Waals surface area contributed by atoms with Gasteiger partial charge in [-0.1, -0.05) is 6.07 Å². The van der Waals surface area contributed by atoms with E-state index < -0.39 is 5.97 Å². The summed E-state index contributed by atoms with van der Waals surface area (Å²) in [7, 11) is 0. The lowest BCUT2D eigenvalue weighted by molar-refractivity contribution is -0.149. The summed E-state index contributed by atoms with van der Waals surface area (Å²) in [5, 5.41) is 4.12. The van der Waals surface area contributed by atoms with E-state index >= 15 is 0 Å². The van der Waals surface area contributed by atoms with Crippen LogP contribution in [0.1, 0.15) is 6.92 Å². The van der Waals surface area contributed by atoms with E-state index in [-0.39, 0.29) is 25.4 Å². The first kappa shape index (κ1) is 13.3. The van der Waals surface area contributed by atoms with Gasteiger partial charge in [0.15, 0.2) is 5.65 Å². The van der Waals surface area contributed by atoms with Crippen molar-refractivity contribution in [1.82, 2.24) is 14.2 Å². The summed E-state index contributed by atoms with van der Waals surface area (Å²) >= 11 is 0. The van der Waals surface area contributed by atoms with Gasteiger partial charge in [0.2, 0.25) is 0 Å². The van der Waals surface area contributed by atoms with E-state index in [2.05, 4.69) is 5.10 Å². The van der Waals surface area contributed by atoms with Gasteiger partial charge in [-0.15, -0.1) is 5.10 Å². The molecule has 0 saturated carbocycles. The molecule has 102 valence electrons. The molecule has 0 radical (unpaired) electrons. The van der Waals surface area contributed by atoms with Gasteiger partial charge in [-0.25, -0.2) is 14.3 Å². The van der Waals surface area contributed by atoms with E-state index in [1.807, 2.05) is 0 Å². The smallest absolute Gasteiger partial charge is 0.350 e. The van der Waals surface area contributed by atoms with Crippen LogP contribution >= 0.6 is 0 Å². The number of ether oxygens (including phenoxy) is 2. The Hall–Kier alpha value is -2.15. The molecule has 0 fully saturated rings. The quantitative estimate of drug-likeness (QED) is 0.691. The van der Waals surface area contributed by atoms with Crippen molar-refractivity contribution < 1.29 is 14.3 Å².